The number of carbonyl (C=O) groups excluding carboxylic acids is 2. The first-order valence-electron chi connectivity index (χ1n) is 6.31. The molecule has 2 amide bonds. The number of rotatable bonds is 1. The van der Waals surface area contributed by atoms with Gasteiger partial charge in [-0.2, -0.15) is 0 Å². The van der Waals surface area contributed by atoms with Crippen LogP contribution in [0.1, 0.15) is 36.4 Å². The van der Waals surface area contributed by atoms with E-state index in [0.717, 1.165) is 11.1 Å². The number of nitrogens with one attached hydrogen (secondary N) is 1. The molecule has 0 saturated carbocycles. The fourth-order valence-corrected chi connectivity index (χ4v) is 3.17. The minimum atomic E-state index is -0.312. The van der Waals surface area contributed by atoms with E-state index in [9.17, 15) is 9.59 Å². The number of carbonyl (C=O) groups is 2. The molecule has 0 aliphatic carbocycles. The highest BCUT2D eigenvalue weighted by atomic mass is 16.6. The molecule has 1 aromatic carbocycles. The minimum absolute atomic E-state index is 0.201. The first kappa shape index (κ1) is 11.0. The number of nitrogens with zero attached hydrogens (tertiary/aromatic N) is 1. The van der Waals surface area contributed by atoms with Gasteiger partial charge in [-0.25, -0.2) is 4.90 Å². The molecule has 3 aliphatic rings. The number of imide groups is 1. The summed E-state index contributed by atoms with van der Waals surface area (Å²) in [5.74, 6) is -0.437. The highest BCUT2D eigenvalue weighted by Gasteiger charge is 2.56. The molecule has 98 valence electrons. The Morgan fingerprint density at radius 1 is 1.32 bits per heavy atom. The number of fused-ring (bicyclic) bond motifs is 5. The SMILES string of the molecule is Nc1cccc2c1C1OC2N1C1CCC(=O)NC1=O. The average Bonchev–Trinajstić information content (AvgIpc) is 2.87. The topological polar surface area (TPSA) is 84.7 Å². The van der Waals surface area contributed by atoms with Gasteiger partial charge in [0.05, 0.1) is 6.04 Å². The summed E-state index contributed by atoms with van der Waals surface area (Å²) in [7, 11) is 0. The summed E-state index contributed by atoms with van der Waals surface area (Å²) >= 11 is 0. The van der Waals surface area contributed by atoms with Crippen molar-refractivity contribution >= 4 is 17.5 Å². The third-order valence-corrected chi connectivity index (χ3v) is 4.06. The van der Waals surface area contributed by atoms with Gasteiger partial charge in [0.25, 0.3) is 0 Å². The predicted octanol–water partition coefficient (Wildman–Crippen LogP) is 0.417. The normalized spacial score (nSPS) is 32.7. The van der Waals surface area contributed by atoms with E-state index < -0.39 is 0 Å². The predicted molar refractivity (Wildman–Crippen MR) is 65.4 cm³/mol. The molecule has 4 rings (SSSR count). The second-order valence-corrected chi connectivity index (χ2v) is 5.11. The van der Waals surface area contributed by atoms with Gasteiger partial charge in [-0.15, -0.1) is 0 Å². The van der Waals surface area contributed by atoms with E-state index in [1.165, 1.54) is 0 Å². The lowest BCUT2D eigenvalue weighted by Crippen LogP contribution is -2.57. The molecule has 0 aromatic heterocycles. The van der Waals surface area contributed by atoms with Crippen LogP contribution >= 0.6 is 0 Å². The van der Waals surface area contributed by atoms with Crippen LogP contribution in [0.2, 0.25) is 0 Å². The Bertz CT molecular complexity index is 601. The van der Waals surface area contributed by atoms with Gasteiger partial charge in [0, 0.05) is 23.2 Å². The number of hydrogen-bond donors (Lipinski definition) is 2. The number of benzene rings is 1. The van der Waals surface area contributed by atoms with Crippen LogP contribution < -0.4 is 11.1 Å². The molecule has 3 heterocycles. The summed E-state index contributed by atoms with van der Waals surface area (Å²) in [6.07, 6.45) is 0.463. The molecule has 2 fully saturated rings. The summed E-state index contributed by atoms with van der Waals surface area (Å²) in [5, 5.41) is 2.38. The van der Waals surface area contributed by atoms with Crippen molar-refractivity contribution in [3.05, 3.63) is 29.3 Å². The van der Waals surface area contributed by atoms with Gasteiger partial charge in [-0.1, -0.05) is 12.1 Å². The van der Waals surface area contributed by atoms with E-state index in [-0.39, 0.29) is 30.3 Å². The molecule has 3 N–H and O–H groups in total. The lowest BCUT2D eigenvalue weighted by molar-refractivity contribution is -0.287. The maximum absolute atomic E-state index is 11.9. The van der Waals surface area contributed by atoms with Crippen LogP contribution in [0, 0.1) is 0 Å². The van der Waals surface area contributed by atoms with E-state index in [2.05, 4.69) is 5.32 Å². The van der Waals surface area contributed by atoms with E-state index >= 15 is 0 Å². The highest BCUT2D eigenvalue weighted by molar-refractivity contribution is 6.00. The smallest absolute Gasteiger partial charge is 0.244 e. The molecule has 19 heavy (non-hydrogen) atoms. The number of piperidine rings is 1. The number of nitrogen functional groups attached to an aromatic ring is 1. The average molecular weight is 259 g/mol. The fourth-order valence-electron chi connectivity index (χ4n) is 3.17. The molecular weight excluding hydrogens is 246 g/mol. The zero-order valence-corrected chi connectivity index (χ0v) is 10.1. The van der Waals surface area contributed by atoms with Crippen molar-refractivity contribution in [3.63, 3.8) is 0 Å². The third kappa shape index (κ3) is 1.32. The number of ether oxygens (including phenoxy) is 1. The van der Waals surface area contributed by atoms with Crippen LogP contribution in [-0.2, 0) is 14.3 Å². The van der Waals surface area contributed by atoms with Crippen LogP contribution in [-0.4, -0.2) is 22.8 Å². The lowest BCUT2D eigenvalue weighted by Gasteiger charge is -2.45. The first-order valence-corrected chi connectivity index (χ1v) is 6.31. The van der Waals surface area contributed by atoms with Crippen molar-refractivity contribution in [1.82, 2.24) is 10.2 Å². The molecule has 6 heteroatoms. The van der Waals surface area contributed by atoms with Crippen LogP contribution in [0.5, 0.6) is 0 Å². The molecule has 0 radical (unpaired) electrons. The number of amides is 2. The quantitative estimate of drug-likeness (QED) is 0.564. The van der Waals surface area contributed by atoms with Crippen molar-refractivity contribution < 1.29 is 14.3 Å². The van der Waals surface area contributed by atoms with E-state index in [0.29, 0.717) is 18.5 Å². The van der Waals surface area contributed by atoms with Crippen molar-refractivity contribution in [2.75, 3.05) is 5.73 Å². The van der Waals surface area contributed by atoms with Crippen molar-refractivity contribution in [1.29, 1.82) is 0 Å². The molecule has 3 unspecified atom stereocenters. The summed E-state index contributed by atoms with van der Waals surface area (Å²) in [4.78, 5) is 25.1. The fraction of sp³-hybridized carbons (Fsp3) is 0.385. The Balaban J connectivity index is 1.66. The number of nitrogens with two attached hydrogens (primary N) is 1. The van der Waals surface area contributed by atoms with Gasteiger partial charge < -0.3 is 10.5 Å². The molecule has 2 bridgehead atoms. The molecule has 3 atom stereocenters. The standard InChI is InChI=1S/C13H13N3O3/c14-7-3-1-2-6-10(7)13-16(12(6)19-13)8-4-5-9(17)15-11(8)18/h1-3,8,12-13H,4-5,14H2,(H,15,17,18). The van der Waals surface area contributed by atoms with Gasteiger partial charge >= 0.3 is 0 Å². The Morgan fingerprint density at radius 3 is 2.89 bits per heavy atom. The first-order chi connectivity index (χ1) is 9.16. The number of anilines is 1. The van der Waals surface area contributed by atoms with Crippen LogP contribution in [0.25, 0.3) is 0 Å². The zero-order chi connectivity index (χ0) is 13.1. The summed E-state index contributed by atoms with van der Waals surface area (Å²) in [5.41, 5.74) is 8.68. The second kappa shape index (κ2) is 3.55. The van der Waals surface area contributed by atoms with Gasteiger partial charge in [-0.05, 0) is 12.5 Å². The molecule has 3 aliphatic heterocycles. The Hall–Kier alpha value is -1.92. The van der Waals surface area contributed by atoms with E-state index in [1.54, 1.807) is 0 Å². The Kier molecular flexibility index (Phi) is 2.05. The third-order valence-electron chi connectivity index (χ3n) is 4.06. The van der Waals surface area contributed by atoms with Gasteiger partial charge in [0.2, 0.25) is 11.8 Å². The van der Waals surface area contributed by atoms with Gasteiger partial charge in [0.15, 0.2) is 0 Å². The molecule has 6 nitrogen and oxygen atoms in total. The van der Waals surface area contributed by atoms with E-state index in [4.69, 9.17) is 10.5 Å². The minimum Gasteiger partial charge on any atom is -0.398 e. The Labute approximate surface area is 109 Å². The van der Waals surface area contributed by atoms with Gasteiger partial charge in [-0.3, -0.25) is 14.9 Å². The summed E-state index contributed by atoms with van der Waals surface area (Å²) < 4.78 is 5.72. The maximum atomic E-state index is 11.9. The Morgan fingerprint density at radius 2 is 2.16 bits per heavy atom. The molecular formula is C13H13N3O3. The van der Waals surface area contributed by atoms with Crippen molar-refractivity contribution in [2.45, 2.75) is 31.3 Å². The molecule has 1 aromatic rings. The second-order valence-electron chi connectivity index (χ2n) is 5.11. The largest absolute Gasteiger partial charge is 0.398 e. The van der Waals surface area contributed by atoms with Crippen LogP contribution in [0.4, 0.5) is 5.69 Å². The molecule has 0 spiro atoms. The molecule has 2 saturated heterocycles. The van der Waals surface area contributed by atoms with Crippen LogP contribution in [0.15, 0.2) is 18.2 Å². The number of hydrogen-bond acceptors (Lipinski definition) is 5. The monoisotopic (exact) mass is 259 g/mol. The zero-order valence-electron chi connectivity index (χ0n) is 10.1. The summed E-state index contributed by atoms with van der Waals surface area (Å²) in [6, 6.07) is 5.39. The van der Waals surface area contributed by atoms with Crippen molar-refractivity contribution in [2.24, 2.45) is 0 Å². The van der Waals surface area contributed by atoms with Crippen molar-refractivity contribution in [3.8, 4) is 0 Å². The lowest BCUT2D eigenvalue weighted by atomic mass is 10.0. The highest BCUT2D eigenvalue weighted by Crippen LogP contribution is 2.57. The van der Waals surface area contributed by atoms with E-state index in [1.807, 2.05) is 23.1 Å². The van der Waals surface area contributed by atoms with Crippen LogP contribution in [0.3, 0.4) is 0 Å². The van der Waals surface area contributed by atoms with Gasteiger partial charge in [0.1, 0.15) is 12.5 Å². The maximum Gasteiger partial charge on any atom is 0.244 e. The summed E-state index contributed by atoms with van der Waals surface area (Å²) in [6.45, 7) is 0.